The lowest BCUT2D eigenvalue weighted by Gasteiger charge is -2.13. The monoisotopic (exact) mass is 516 g/mol. The molecule has 0 fully saturated rings. The van der Waals surface area contributed by atoms with Crippen LogP contribution in [0.25, 0.3) is 20.8 Å². The molecule has 1 aromatic heterocycles. The predicted octanol–water partition coefficient (Wildman–Crippen LogP) is 7.42. The maximum absolute atomic E-state index is 5.52. The number of nitrogens with one attached hydrogen (secondary N) is 1. The largest absolute Gasteiger partial charge is 0.495 e. The number of fused-ring (bicyclic) bond motifs is 1. The third-order valence-corrected chi connectivity index (χ3v) is 6.56. The van der Waals surface area contributed by atoms with Crippen LogP contribution in [0, 0.1) is 6.92 Å². The van der Waals surface area contributed by atoms with Crippen LogP contribution in [0.15, 0.2) is 63.5 Å². The highest BCUT2D eigenvalue weighted by Crippen LogP contribution is 2.34. The average Bonchev–Trinajstić information content (AvgIpc) is 3.09. The van der Waals surface area contributed by atoms with Gasteiger partial charge in [-0.15, -0.1) is 11.3 Å². The van der Waals surface area contributed by atoms with Gasteiger partial charge in [-0.2, -0.15) is 0 Å². The van der Waals surface area contributed by atoms with Crippen molar-refractivity contribution in [3.05, 3.63) is 74.7 Å². The molecule has 1 N–H and O–H groups in total. The van der Waals surface area contributed by atoms with Crippen LogP contribution in [0.3, 0.4) is 0 Å². The molecule has 4 aromatic rings. The molecule has 0 radical (unpaired) electrons. The van der Waals surface area contributed by atoms with Gasteiger partial charge in [0, 0.05) is 27.8 Å². The molecule has 3 nitrogen and oxygen atoms in total. The standard InChI is InChI=1S/C22H18Br2N2OS/c1-13-3-8-19-20(9-13)28-22(26-19)14-4-6-17(7-5-14)25-12-15-10-16(23)11-18(24)21(15)27-2/h3-11,25H,12H2,1-2H3. The Hall–Kier alpha value is -1.89. The summed E-state index contributed by atoms with van der Waals surface area (Å²) in [5.74, 6) is 0.845. The van der Waals surface area contributed by atoms with E-state index in [0.29, 0.717) is 6.54 Å². The van der Waals surface area contributed by atoms with Gasteiger partial charge < -0.3 is 10.1 Å². The fraction of sp³-hybridized carbons (Fsp3) is 0.136. The number of benzene rings is 3. The van der Waals surface area contributed by atoms with Gasteiger partial charge in [-0.05, 0) is 76.9 Å². The van der Waals surface area contributed by atoms with E-state index in [-0.39, 0.29) is 0 Å². The van der Waals surface area contributed by atoms with Crippen LogP contribution < -0.4 is 10.1 Å². The number of ether oxygens (including phenoxy) is 1. The Morgan fingerprint density at radius 2 is 1.82 bits per heavy atom. The van der Waals surface area contributed by atoms with Crippen molar-refractivity contribution in [2.75, 3.05) is 12.4 Å². The fourth-order valence-corrected chi connectivity index (χ4v) is 5.60. The number of aryl methyl sites for hydroxylation is 1. The molecule has 0 bridgehead atoms. The van der Waals surface area contributed by atoms with Crippen LogP contribution in [0.1, 0.15) is 11.1 Å². The Morgan fingerprint density at radius 1 is 1.04 bits per heavy atom. The van der Waals surface area contributed by atoms with E-state index in [1.54, 1.807) is 18.4 Å². The van der Waals surface area contributed by atoms with Crippen molar-refractivity contribution >= 4 is 59.1 Å². The number of halogens is 2. The molecule has 6 heteroatoms. The number of anilines is 1. The quantitative estimate of drug-likeness (QED) is 0.299. The van der Waals surface area contributed by atoms with Crippen molar-refractivity contribution < 1.29 is 4.74 Å². The van der Waals surface area contributed by atoms with Crippen molar-refractivity contribution in [1.29, 1.82) is 0 Å². The van der Waals surface area contributed by atoms with Crippen LogP contribution in [0.2, 0.25) is 0 Å². The Bertz CT molecular complexity index is 1140. The van der Waals surface area contributed by atoms with E-state index in [9.17, 15) is 0 Å². The van der Waals surface area contributed by atoms with Crippen molar-refractivity contribution in [2.45, 2.75) is 13.5 Å². The highest BCUT2D eigenvalue weighted by atomic mass is 79.9. The maximum Gasteiger partial charge on any atom is 0.138 e. The molecule has 0 aliphatic heterocycles. The molecule has 4 rings (SSSR count). The average molecular weight is 518 g/mol. The van der Waals surface area contributed by atoms with E-state index >= 15 is 0 Å². The van der Waals surface area contributed by atoms with Crippen LogP contribution in [-0.2, 0) is 6.54 Å². The van der Waals surface area contributed by atoms with E-state index in [2.05, 4.69) is 92.6 Å². The first-order valence-electron chi connectivity index (χ1n) is 8.77. The summed E-state index contributed by atoms with van der Waals surface area (Å²) in [6.07, 6.45) is 0. The SMILES string of the molecule is COc1c(Br)cc(Br)cc1CNc1ccc(-c2nc3ccc(C)cc3s2)cc1. The third kappa shape index (κ3) is 4.09. The molecule has 0 unspecified atom stereocenters. The number of rotatable bonds is 5. The number of hydrogen-bond donors (Lipinski definition) is 1. The summed E-state index contributed by atoms with van der Waals surface area (Å²) in [5.41, 5.74) is 5.58. The Morgan fingerprint density at radius 3 is 2.57 bits per heavy atom. The topological polar surface area (TPSA) is 34.1 Å². The second-order valence-electron chi connectivity index (χ2n) is 6.50. The number of aromatic nitrogens is 1. The number of hydrogen-bond acceptors (Lipinski definition) is 4. The lowest BCUT2D eigenvalue weighted by atomic mass is 10.1. The number of thiazole rings is 1. The molecule has 3 aromatic carbocycles. The van der Waals surface area contributed by atoms with E-state index in [1.807, 2.05) is 6.07 Å². The summed E-state index contributed by atoms with van der Waals surface area (Å²) in [4.78, 5) is 4.76. The Kier molecular flexibility index (Phi) is 5.71. The van der Waals surface area contributed by atoms with Gasteiger partial charge >= 0.3 is 0 Å². The second kappa shape index (κ2) is 8.23. The molecule has 0 spiro atoms. The number of methoxy groups -OCH3 is 1. The molecular weight excluding hydrogens is 500 g/mol. The zero-order chi connectivity index (χ0) is 19.7. The summed E-state index contributed by atoms with van der Waals surface area (Å²) in [6, 6.07) is 18.8. The van der Waals surface area contributed by atoms with Crippen LogP contribution >= 0.6 is 43.2 Å². The zero-order valence-electron chi connectivity index (χ0n) is 15.4. The van der Waals surface area contributed by atoms with Crippen molar-refractivity contribution in [1.82, 2.24) is 4.98 Å². The molecule has 0 atom stereocenters. The van der Waals surface area contributed by atoms with E-state index in [1.165, 1.54) is 10.3 Å². The highest BCUT2D eigenvalue weighted by Gasteiger charge is 2.10. The maximum atomic E-state index is 5.52. The zero-order valence-corrected chi connectivity index (χ0v) is 19.4. The molecule has 0 aliphatic carbocycles. The summed E-state index contributed by atoms with van der Waals surface area (Å²) < 4.78 is 8.69. The molecule has 142 valence electrons. The summed E-state index contributed by atoms with van der Waals surface area (Å²) in [5, 5.41) is 4.51. The van der Waals surface area contributed by atoms with E-state index < -0.39 is 0 Å². The first-order chi connectivity index (χ1) is 13.5. The van der Waals surface area contributed by atoms with Crippen molar-refractivity contribution in [3.8, 4) is 16.3 Å². The van der Waals surface area contributed by atoms with Gasteiger partial charge in [-0.25, -0.2) is 4.98 Å². The molecule has 0 saturated carbocycles. The predicted molar refractivity (Wildman–Crippen MR) is 126 cm³/mol. The van der Waals surface area contributed by atoms with E-state index in [4.69, 9.17) is 9.72 Å². The summed E-state index contributed by atoms with van der Waals surface area (Å²) >= 11 is 8.82. The number of nitrogens with zero attached hydrogens (tertiary/aromatic N) is 1. The van der Waals surface area contributed by atoms with Crippen molar-refractivity contribution in [2.24, 2.45) is 0 Å². The second-order valence-corrected chi connectivity index (χ2v) is 9.30. The van der Waals surface area contributed by atoms with Gasteiger partial charge in [0.05, 0.1) is 21.8 Å². The molecule has 0 amide bonds. The van der Waals surface area contributed by atoms with Gasteiger partial charge in [0.1, 0.15) is 10.8 Å². The summed E-state index contributed by atoms with van der Waals surface area (Å²) in [7, 11) is 1.69. The van der Waals surface area contributed by atoms with E-state index in [0.717, 1.165) is 42.0 Å². The molecule has 0 saturated heterocycles. The Balaban J connectivity index is 1.52. The Labute approximate surface area is 185 Å². The van der Waals surface area contributed by atoms with Crippen LogP contribution in [-0.4, -0.2) is 12.1 Å². The smallest absolute Gasteiger partial charge is 0.138 e. The highest BCUT2D eigenvalue weighted by molar-refractivity contribution is 9.11. The minimum atomic E-state index is 0.668. The van der Waals surface area contributed by atoms with Gasteiger partial charge in [0.25, 0.3) is 0 Å². The fourth-order valence-electron chi connectivity index (χ4n) is 3.06. The molecular formula is C22H18Br2N2OS. The summed E-state index contributed by atoms with van der Waals surface area (Å²) in [6.45, 7) is 2.78. The third-order valence-electron chi connectivity index (χ3n) is 4.45. The van der Waals surface area contributed by atoms with Gasteiger partial charge in [0.2, 0.25) is 0 Å². The normalized spacial score (nSPS) is 11.0. The van der Waals surface area contributed by atoms with Crippen LogP contribution in [0.5, 0.6) is 5.75 Å². The lowest BCUT2D eigenvalue weighted by Crippen LogP contribution is -2.02. The molecule has 0 aliphatic rings. The first kappa shape index (κ1) is 19.4. The van der Waals surface area contributed by atoms with Gasteiger partial charge in [-0.1, -0.05) is 22.0 Å². The molecule has 1 heterocycles. The minimum absolute atomic E-state index is 0.668. The van der Waals surface area contributed by atoms with Crippen molar-refractivity contribution in [3.63, 3.8) is 0 Å². The first-order valence-corrected chi connectivity index (χ1v) is 11.2. The minimum Gasteiger partial charge on any atom is -0.495 e. The van der Waals surface area contributed by atoms with Gasteiger partial charge in [0.15, 0.2) is 0 Å². The van der Waals surface area contributed by atoms with Gasteiger partial charge in [-0.3, -0.25) is 0 Å². The lowest BCUT2D eigenvalue weighted by molar-refractivity contribution is 0.407. The van der Waals surface area contributed by atoms with Crippen LogP contribution in [0.4, 0.5) is 5.69 Å². The molecule has 28 heavy (non-hydrogen) atoms.